The molecule has 0 bridgehead atoms. The van der Waals surface area contributed by atoms with Crippen molar-refractivity contribution in [2.75, 3.05) is 46.1 Å². The van der Waals surface area contributed by atoms with Crippen LogP contribution in [0.1, 0.15) is 27.2 Å². The van der Waals surface area contributed by atoms with Crippen LogP contribution in [0.2, 0.25) is 0 Å². The van der Waals surface area contributed by atoms with Crippen LogP contribution in [-0.4, -0.2) is 69.8 Å². The molecule has 0 unspecified atom stereocenters. The van der Waals surface area contributed by atoms with Gasteiger partial charge in [-0.3, -0.25) is 14.4 Å². The highest BCUT2D eigenvalue weighted by Gasteiger charge is 2.05. The predicted molar refractivity (Wildman–Crippen MR) is 84.0 cm³/mol. The second-order valence-electron chi connectivity index (χ2n) is 5.04. The van der Waals surface area contributed by atoms with Crippen molar-refractivity contribution in [3.63, 3.8) is 0 Å². The molecule has 0 aromatic carbocycles. The smallest absolute Gasteiger partial charge is 0.246 e. The number of ether oxygens (including phenoxy) is 3. The summed E-state index contributed by atoms with van der Waals surface area (Å²) in [7, 11) is 0. The number of amides is 2. The quantitative estimate of drug-likeness (QED) is 0.422. The fourth-order valence-electron chi connectivity index (χ4n) is 1.35. The molecule has 8 heteroatoms. The maximum Gasteiger partial charge on any atom is 0.246 e. The van der Waals surface area contributed by atoms with Gasteiger partial charge < -0.3 is 24.8 Å². The van der Waals surface area contributed by atoms with Gasteiger partial charge in [-0.15, -0.1) is 0 Å². The van der Waals surface area contributed by atoms with E-state index in [9.17, 15) is 14.4 Å². The molecule has 0 aliphatic heterocycles. The van der Waals surface area contributed by atoms with E-state index in [0.717, 1.165) is 0 Å². The first-order valence-electron chi connectivity index (χ1n) is 7.77. The predicted octanol–water partition coefficient (Wildman–Crippen LogP) is -0.344. The number of hydrogen-bond acceptors (Lipinski definition) is 6. The molecule has 0 saturated heterocycles. The lowest BCUT2D eigenvalue weighted by atomic mass is 10.3. The summed E-state index contributed by atoms with van der Waals surface area (Å²) >= 11 is 0. The van der Waals surface area contributed by atoms with Crippen molar-refractivity contribution in [3.05, 3.63) is 0 Å². The average molecular weight is 332 g/mol. The number of nitrogens with one attached hydrogen (secondary N) is 2. The Morgan fingerprint density at radius 2 is 1.61 bits per heavy atom. The van der Waals surface area contributed by atoms with Gasteiger partial charge in [0.2, 0.25) is 11.8 Å². The molecule has 2 N–H and O–H groups in total. The zero-order valence-electron chi connectivity index (χ0n) is 14.2. The molecule has 0 saturated carbocycles. The fourth-order valence-corrected chi connectivity index (χ4v) is 1.35. The van der Waals surface area contributed by atoms with E-state index in [1.807, 2.05) is 13.8 Å². The van der Waals surface area contributed by atoms with Crippen molar-refractivity contribution >= 4 is 17.6 Å². The number of ketones is 1. The van der Waals surface area contributed by atoms with Gasteiger partial charge in [-0.05, 0) is 13.8 Å². The molecule has 0 spiro atoms. The normalized spacial score (nSPS) is 10.6. The molecule has 0 heterocycles. The number of carbonyl (C=O) groups excluding carboxylic acids is 3. The molecule has 0 atom stereocenters. The van der Waals surface area contributed by atoms with Crippen LogP contribution in [0.25, 0.3) is 0 Å². The molecule has 0 aromatic rings. The monoisotopic (exact) mass is 332 g/mol. The van der Waals surface area contributed by atoms with Crippen LogP contribution in [0.4, 0.5) is 0 Å². The zero-order chi connectivity index (χ0) is 17.5. The van der Waals surface area contributed by atoms with Gasteiger partial charge in [0.15, 0.2) is 5.78 Å². The lowest BCUT2D eigenvalue weighted by Crippen LogP contribution is -2.39. The summed E-state index contributed by atoms with van der Waals surface area (Å²) in [6.45, 7) is 6.69. The number of carbonyl (C=O) groups is 3. The van der Waals surface area contributed by atoms with Gasteiger partial charge in [-0.25, -0.2) is 0 Å². The highest BCUT2D eigenvalue weighted by atomic mass is 16.5. The van der Waals surface area contributed by atoms with Crippen molar-refractivity contribution in [1.82, 2.24) is 10.6 Å². The van der Waals surface area contributed by atoms with E-state index in [-0.39, 0.29) is 56.6 Å². The summed E-state index contributed by atoms with van der Waals surface area (Å²) in [6, 6.07) is 0. The number of Topliss-reactive ketones (excluding diaryl/α,β-unsaturated/α-hetero) is 1. The van der Waals surface area contributed by atoms with Crippen LogP contribution >= 0.6 is 0 Å². The molecule has 134 valence electrons. The minimum absolute atomic E-state index is 0.0161. The van der Waals surface area contributed by atoms with Crippen molar-refractivity contribution in [1.29, 1.82) is 0 Å². The van der Waals surface area contributed by atoms with E-state index in [0.29, 0.717) is 19.6 Å². The summed E-state index contributed by atoms with van der Waals surface area (Å²) in [4.78, 5) is 33.8. The van der Waals surface area contributed by atoms with E-state index >= 15 is 0 Å². The van der Waals surface area contributed by atoms with E-state index in [4.69, 9.17) is 14.2 Å². The Hall–Kier alpha value is -1.51. The standard InChI is InChI=1S/C15H28N2O6/c1-4-13(18)10-21-6-5-16-14(19)9-17-15(20)11-22-7-8-23-12(2)3/h12H,4-11H2,1-3H3,(H,16,19)(H,17,20). The highest BCUT2D eigenvalue weighted by molar-refractivity contribution is 5.85. The molecule has 0 aromatic heterocycles. The lowest BCUT2D eigenvalue weighted by Gasteiger charge is -2.09. The van der Waals surface area contributed by atoms with Crippen molar-refractivity contribution in [2.45, 2.75) is 33.3 Å². The average Bonchev–Trinajstić information content (AvgIpc) is 2.51. The third-order valence-electron chi connectivity index (χ3n) is 2.58. The van der Waals surface area contributed by atoms with Crippen LogP contribution in [0.15, 0.2) is 0 Å². The van der Waals surface area contributed by atoms with Gasteiger partial charge in [0.05, 0.1) is 32.5 Å². The minimum Gasteiger partial charge on any atom is -0.376 e. The van der Waals surface area contributed by atoms with E-state index < -0.39 is 0 Å². The topological polar surface area (TPSA) is 103 Å². The first kappa shape index (κ1) is 21.5. The van der Waals surface area contributed by atoms with Crippen LogP contribution < -0.4 is 10.6 Å². The fraction of sp³-hybridized carbons (Fsp3) is 0.800. The van der Waals surface area contributed by atoms with Gasteiger partial charge in [0.1, 0.15) is 13.2 Å². The van der Waals surface area contributed by atoms with Crippen LogP contribution in [-0.2, 0) is 28.6 Å². The van der Waals surface area contributed by atoms with Crippen LogP contribution in [0, 0.1) is 0 Å². The van der Waals surface area contributed by atoms with Crippen LogP contribution in [0.5, 0.6) is 0 Å². The first-order valence-corrected chi connectivity index (χ1v) is 7.77. The molecule has 23 heavy (non-hydrogen) atoms. The van der Waals surface area contributed by atoms with Gasteiger partial charge >= 0.3 is 0 Å². The van der Waals surface area contributed by atoms with Crippen molar-refractivity contribution in [2.24, 2.45) is 0 Å². The number of hydrogen-bond donors (Lipinski definition) is 2. The Morgan fingerprint density at radius 1 is 0.913 bits per heavy atom. The molecule has 0 aliphatic rings. The minimum atomic E-state index is -0.366. The second-order valence-corrected chi connectivity index (χ2v) is 5.04. The van der Waals surface area contributed by atoms with Crippen LogP contribution in [0.3, 0.4) is 0 Å². The Kier molecular flexibility index (Phi) is 13.2. The van der Waals surface area contributed by atoms with E-state index in [2.05, 4.69) is 10.6 Å². The zero-order valence-corrected chi connectivity index (χ0v) is 14.2. The molecule has 2 amide bonds. The molecular weight excluding hydrogens is 304 g/mol. The summed E-state index contributed by atoms with van der Waals surface area (Å²) < 4.78 is 15.4. The summed E-state index contributed by atoms with van der Waals surface area (Å²) in [5, 5.41) is 5.01. The summed E-state index contributed by atoms with van der Waals surface area (Å²) in [5.74, 6) is -0.677. The van der Waals surface area contributed by atoms with Crippen molar-refractivity contribution < 1.29 is 28.6 Å². The third-order valence-corrected chi connectivity index (χ3v) is 2.58. The second kappa shape index (κ2) is 14.1. The van der Waals surface area contributed by atoms with E-state index in [1.165, 1.54) is 0 Å². The Morgan fingerprint density at radius 3 is 2.26 bits per heavy atom. The maximum absolute atomic E-state index is 11.4. The molecule has 0 aliphatic carbocycles. The third kappa shape index (κ3) is 15.2. The Balaban J connectivity index is 3.46. The van der Waals surface area contributed by atoms with Gasteiger partial charge in [0.25, 0.3) is 0 Å². The first-order chi connectivity index (χ1) is 11.0. The van der Waals surface area contributed by atoms with Gasteiger partial charge in [-0.2, -0.15) is 0 Å². The molecule has 8 nitrogen and oxygen atoms in total. The lowest BCUT2D eigenvalue weighted by molar-refractivity contribution is -0.129. The van der Waals surface area contributed by atoms with Crippen molar-refractivity contribution in [3.8, 4) is 0 Å². The Bertz CT molecular complexity index is 360. The maximum atomic E-state index is 11.4. The Labute approximate surface area is 137 Å². The molecule has 0 radical (unpaired) electrons. The molecular formula is C15H28N2O6. The summed E-state index contributed by atoms with van der Waals surface area (Å²) in [5.41, 5.74) is 0. The van der Waals surface area contributed by atoms with E-state index in [1.54, 1.807) is 6.92 Å². The summed E-state index contributed by atoms with van der Waals surface area (Å²) in [6.07, 6.45) is 0.560. The van der Waals surface area contributed by atoms with Gasteiger partial charge in [-0.1, -0.05) is 6.92 Å². The SMILES string of the molecule is CCC(=O)COCCNC(=O)CNC(=O)COCCOC(C)C. The molecule has 0 fully saturated rings. The highest BCUT2D eigenvalue weighted by Crippen LogP contribution is 1.87. The number of rotatable bonds is 14. The largest absolute Gasteiger partial charge is 0.376 e. The van der Waals surface area contributed by atoms with Gasteiger partial charge in [0, 0.05) is 13.0 Å². The molecule has 0 rings (SSSR count).